The van der Waals surface area contributed by atoms with Crippen LogP contribution in [0.15, 0.2) is 6.07 Å². The van der Waals surface area contributed by atoms with E-state index in [-0.39, 0.29) is 25.0 Å². The van der Waals surface area contributed by atoms with E-state index in [4.69, 9.17) is 4.74 Å². The number of amides is 2. The third-order valence-electron chi connectivity index (χ3n) is 7.56. The summed E-state index contributed by atoms with van der Waals surface area (Å²) in [6.07, 6.45) is 7.06. The van der Waals surface area contributed by atoms with Crippen molar-refractivity contribution in [1.29, 1.82) is 0 Å². The minimum Gasteiger partial charge on any atom is -0.395 e. The van der Waals surface area contributed by atoms with Crippen LogP contribution in [0.5, 0.6) is 0 Å². The van der Waals surface area contributed by atoms with E-state index < -0.39 is 0 Å². The monoisotopic (exact) mass is 455 g/mol. The first-order valence-corrected chi connectivity index (χ1v) is 12.4. The van der Waals surface area contributed by atoms with Crippen LogP contribution in [0.3, 0.4) is 0 Å². The molecule has 180 valence electrons. The number of aliphatic hydroxyl groups is 1. The summed E-state index contributed by atoms with van der Waals surface area (Å²) < 4.78 is 7.86. The summed E-state index contributed by atoms with van der Waals surface area (Å²) in [5.41, 5.74) is 5.56. The van der Waals surface area contributed by atoms with Crippen LogP contribution in [0, 0.1) is 11.8 Å². The molecule has 0 saturated carbocycles. The summed E-state index contributed by atoms with van der Waals surface area (Å²) in [6, 6.07) is 1.94. The zero-order chi connectivity index (χ0) is 23.5. The Morgan fingerprint density at radius 2 is 1.94 bits per heavy atom. The van der Waals surface area contributed by atoms with Gasteiger partial charge < -0.3 is 25.0 Å². The number of aryl methyl sites for hydroxylation is 2. The van der Waals surface area contributed by atoms with E-state index in [1.54, 1.807) is 7.05 Å². The fraction of sp³-hybridized carbons (Fsp3) is 0.615. The number of aromatic nitrogens is 1. The fourth-order valence-corrected chi connectivity index (χ4v) is 5.98. The molecule has 7 nitrogen and oxygen atoms in total. The van der Waals surface area contributed by atoms with Gasteiger partial charge in [-0.05, 0) is 67.6 Å². The lowest BCUT2D eigenvalue weighted by Crippen LogP contribution is -2.31. The maximum atomic E-state index is 13.2. The summed E-state index contributed by atoms with van der Waals surface area (Å²) in [5.74, 6) is 0.780. The molecule has 2 aliphatic rings. The molecule has 2 amide bonds. The Bertz CT molecular complexity index is 1040. The van der Waals surface area contributed by atoms with Gasteiger partial charge in [-0.15, -0.1) is 0 Å². The molecule has 0 spiro atoms. The molecule has 1 fully saturated rings. The number of aliphatic hydroxyl groups excluding tert-OH is 1. The first-order chi connectivity index (χ1) is 16.0. The summed E-state index contributed by atoms with van der Waals surface area (Å²) in [4.78, 5) is 26.1. The van der Waals surface area contributed by atoms with Crippen molar-refractivity contribution in [3.05, 3.63) is 34.0 Å². The molecular formula is C26H37N3O4. The van der Waals surface area contributed by atoms with Crippen LogP contribution >= 0.6 is 0 Å². The zero-order valence-electron chi connectivity index (χ0n) is 20.1. The second-order valence-electron chi connectivity index (χ2n) is 9.42. The maximum Gasteiger partial charge on any atom is 0.252 e. The Morgan fingerprint density at radius 3 is 2.61 bits per heavy atom. The molecule has 1 saturated heterocycles. The van der Waals surface area contributed by atoms with E-state index in [2.05, 4.69) is 29.2 Å². The van der Waals surface area contributed by atoms with Gasteiger partial charge in [0.15, 0.2) is 0 Å². The third-order valence-corrected chi connectivity index (χ3v) is 7.56. The number of benzene rings is 1. The quantitative estimate of drug-likeness (QED) is 0.599. The lowest BCUT2D eigenvalue weighted by Gasteiger charge is -2.33. The summed E-state index contributed by atoms with van der Waals surface area (Å²) in [6.45, 7) is 3.83. The molecule has 0 bridgehead atoms. The van der Waals surface area contributed by atoms with E-state index in [1.165, 1.54) is 17.7 Å². The largest absolute Gasteiger partial charge is 0.395 e. The number of fused-ring (bicyclic) bond motifs is 3. The lowest BCUT2D eigenvalue weighted by molar-refractivity contribution is 0.0439. The summed E-state index contributed by atoms with van der Waals surface area (Å²) in [5, 5.41) is 15.8. The van der Waals surface area contributed by atoms with Gasteiger partial charge in [0.2, 0.25) is 0 Å². The fourth-order valence-electron chi connectivity index (χ4n) is 5.98. The molecule has 0 radical (unpaired) electrons. The van der Waals surface area contributed by atoms with E-state index in [1.807, 2.05) is 6.07 Å². The number of hydrogen-bond acceptors (Lipinski definition) is 4. The number of carbonyl (C=O) groups excluding carboxylic acids is 2. The van der Waals surface area contributed by atoms with Crippen LogP contribution < -0.4 is 10.6 Å². The number of ether oxygens (including phenoxy) is 1. The van der Waals surface area contributed by atoms with Gasteiger partial charge in [0.05, 0.1) is 23.3 Å². The molecule has 4 rings (SSSR count). The molecule has 1 aliphatic heterocycles. The number of nitrogens with zero attached hydrogens (tertiary/aromatic N) is 1. The van der Waals surface area contributed by atoms with Crippen molar-refractivity contribution in [3.8, 4) is 0 Å². The third kappa shape index (κ3) is 4.41. The Labute approximate surface area is 195 Å². The van der Waals surface area contributed by atoms with Crippen LogP contribution in [0.2, 0.25) is 0 Å². The normalized spacial score (nSPS) is 18.8. The Kier molecular flexibility index (Phi) is 7.39. The predicted octanol–water partition coefficient (Wildman–Crippen LogP) is 2.74. The molecule has 2 heterocycles. The van der Waals surface area contributed by atoms with Crippen molar-refractivity contribution >= 4 is 22.7 Å². The van der Waals surface area contributed by atoms with E-state index in [0.29, 0.717) is 29.4 Å². The van der Waals surface area contributed by atoms with E-state index in [9.17, 15) is 14.7 Å². The highest BCUT2D eigenvalue weighted by atomic mass is 16.5. The van der Waals surface area contributed by atoms with Gasteiger partial charge >= 0.3 is 0 Å². The Morgan fingerprint density at radius 1 is 1.18 bits per heavy atom. The van der Waals surface area contributed by atoms with Crippen LogP contribution in [-0.4, -0.2) is 54.9 Å². The predicted molar refractivity (Wildman–Crippen MR) is 129 cm³/mol. The van der Waals surface area contributed by atoms with Crippen molar-refractivity contribution in [2.24, 2.45) is 18.9 Å². The highest BCUT2D eigenvalue weighted by Gasteiger charge is 2.33. The molecule has 33 heavy (non-hydrogen) atoms. The lowest BCUT2D eigenvalue weighted by atomic mass is 9.75. The molecule has 1 aromatic heterocycles. The minimum absolute atomic E-state index is 0.140. The van der Waals surface area contributed by atoms with Crippen molar-refractivity contribution in [1.82, 2.24) is 15.2 Å². The van der Waals surface area contributed by atoms with Crippen molar-refractivity contribution in [2.45, 2.75) is 51.9 Å². The molecule has 1 atom stereocenters. The van der Waals surface area contributed by atoms with E-state index in [0.717, 1.165) is 61.8 Å². The molecular weight excluding hydrogens is 418 g/mol. The summed E-state index contributed by atoms with van der Waals surface area (Å²) >= 11 is 0. The van der Waals surface area contributed by atoms with Gasteiger partial charge in [0.25, 0.3) is 11.8 Å². The van der Waals surface area contributed by atoms with Crippen LogP contribution in [0.1, 0.15) is 70.1 Å². The smallest absolute Gasteiger partial charge is 0.252 e. The molecule has 2 aromatic rings. The van der Waals surface area contributed by atoms with Crippen molar-refractivity contribution < 1.29 is 19.4 Å². The average molecular weight is 456 g/mol. The number of nitrogens with one attached hydrogen (secondary N) is 2. The Hall–Kier alpha value is -2.38. The topological polar surface area (TPSA) is 92.6 Å². The SMILES string of the molecule is CCCc1c(C(=O)NCCO)c(C(=O)NC)cc2c3c(n(C)c12)CCC(C1CCOCC1)C3. The van der Waals surface area contributed by atoms with Gasteiger partial charge in [0, 0.05) is 44.9 Å². The van der Waals surface area contributed by atoms with Crippen LogP contribution in [0.25, 0.3) is 10.9 Å². The first kappa shape index (κ1) is 23.8. The van der Waals surface area contributed by atoms with Gasteiger partial charge in [0.1, 0.15) is 0 Å². The molecule has 1 aromatic carbocycles. The van der Waals surface area contributed by atoms with Crippen LogP contribution in [-0.2, 0) is 31.0 Å². The number of carbonyl (C=O) groups is 2. The number of hydrogen-bond donors (Lipinski definition) is 3. The highest BCUT2D eigenvalue weighted by Crippen LogP contribution is 2.41. The average Bonchev–Trinajstić information content (AvgIpc) is 3.13. The van der Waals surface area contributed by atoms with E-state index >= 15 is 0 Å². The maximum absolute atomic E-state index is 13.2. The molecule has 1 aliphatic carbocycles. The molecule has 7 heteroatoms. The minimum atomic E-state index is -0.299. The first-order valence-electron chi connectivity index (χ1n) is 12.4. The molecule has 1 unspecified atom stereocenters. The zero-order valence-corrected chi connectivity index (χ0v) is 20.1. The Balaban J connectivity index is 1.88. The summed E-state index contributed by atoms with van der Waals surface area (Å²) in [7, 11) is 3.70. The van der Waals surface area contributed by atoms with Gasteiger partial charge in [-0.25, -0.2) is 0 Å². The second-order valence-corrected chi connectivity index (χ2v) is 9.42. The van der Waals surface area contributed by atoms with Gasteiger partial charge in [-0.2, -0.15) is 0 Å². The van der Waals surface area contributed by atoms with Crippen molar-refractivity contribution in [3.63, 3.8) is 0 Å². The number of rotatable bonds is 7. The second kappa shape index (κ2) is 10.3. The molecule has 3 N–H and O–H groups in total. The highest BCUT2D eigenvalue weighted by molar-refractivity contribution is 6.12. The van der Waals surface area contributed by atoms with Crippen LogP contribution in [0.4, 0.5) is 0 Å². The standard InChI is InChI=1S/C26H37N3O4/c1-4-5-18-23(26(32)28-10-11-30)21(25(31)27-2)15-20-19-14-17(16-8-12-33-13-9-16)6-7-22(19)29(3)24(18)20/h15-17,30H,4-14H2,1-3H3,(H,27,31)(H,28,32). The van der Waals surface area contributed by atoms with Gasteiger partial charge in [-0.1, -0.05) is 13.3 Å². The van der Waals surface area contributed by atoms with Gasteiger partial charge in [-0.3, -0.25) is 9.59 Å². The van der Waals surface area contributed by atoms with Crippen molar-refractivity contribution in [2.75, 3.05) is 33.4 Å².